The maximum Gasteiger partial charge on any atom is 0.267 e. The molecule has 6 heteroatoms. The summed E-state index contributed by atoms with van der Waals surface area (Å²) in [6.07, 6.45) is -2.82. The number of pyridine rings is 1. The van der Waals surface area contributed by atoms with Crippen LogP contribution in [0.1, 0.15) is 17.7 Å². The molecule has 1 aromatic heterocycles. The number of hydrogen-bond donors (Lipinski definition) is 0. The van der Waals surface area contributed by atoms with Crippen LogP contribution in [0, 0.1) is 5.95 Å². The summed E-state index contributed by atoms with van der Waals surface area (Å²) < 4.78 is 42.3. The SMILES string of the molecule is COc1c(C(F)F)cc(CCl)nc1F. The largest absolute Gasteiger partial charge is 0.492 e. The normalized spacial score (nSPS) is 10.7. The van der Waals surface area contributed by atoms with E-state index in [9.17, 15) is 13.2 Å². The van der Waals surface area contributed by atoms with E-state index in [0.29, 0.717) is 0 Å². The molecular formula is C8H7ClF3NO. The fourth-order valence-corrected chi connectivity index (χ4v) is 1.14. The van der Waals surface area contributed by atoms with E-state index in [4.69, 9.17) is 11.6 Å². The fraction of sp³-hybridized carbons (Fsp3) is 0.375. The Balaban J connectivity index is 3.28. The van der Waals surface area contributed by atoms with E-state index in [1.54, 1.807) is 0 Å². The van der Waals surface area contributed by atoms with Gasteiger partial charge < -0.3 is 4.74 Å². The van der Waals surface area contributed by atoms with Crippen molar-refractivity contribution in [2.24, 2.45) is 0 Å². The van der Waals surface area contributed by atoms with Gasteiger partial charge in [-0.2, -0.15) is 4.39 Å². The van der Waals surface area contributed by atoms with Crippen LogP contribution in [-0.4, -0.2) is 12.1 Å². The second-order valence-electron chi connectivity index (χ2n) is 2.46. The van der Waals surface area contributed by atoms with Crippen LogP contribution in [0.3, 0.4) is 0 Å². The molecule has 0 unspecified atom stereocenters. The number of methoxy groups -OCH3 is 1. The van der Waals surface area contributed by atoms with Crippen molar-refractivity contribution < 1.29 is 17.9 Å². The average Bonchev–Trinajstić information content (AvgIpc) is 2.16. The van der Waals surface area contributed by atoms with E-state index >= 15 is 0 Å². The van der Waals surface area contributed by atoms with Gasteiger partial charge in [0.05, 0.1) is 24.2 Å². The highest BCUT2D eigenvalue weighted by molar-refractivity contribution is 6.16. The van der Waals surface area contributed by atoms with Gasteiger partial charge in [-0.15, -0.1) is 11.6 Å². The number of aromatic nitrogens is 1. The topological polar surface area (TPSA) is 22.1 Å². The Labute approximate surface area is 83.7 Å². The number of hydrogen-bond acceptors (Lipinski definition) is 2. The van der Waals surface area contributed by atoms with Crippen molar-refractivity contribution >= 4 is 11.6 Å². The molecule has 0 aliphatic carbocycles. The van der Waals surface area contributed by atoms with Gasteiger partial charge in [-0.3, -0.25) is 0 Å². The predicted octanol–water partition coefficient (Wildman–Crippen LogP) is 2.91. The van der Waals surface area contributed by atoms with E-state index in [1.165, 1.54) is 0 Å². The Bertz CT molecular complexity index is 333. The zero-order valence-corrected chi connectivity index (χ0v) is 7.99. The molecule has 0 bridgehead atoms. The molecule has 1 aromatic rings. The standard InChI is InChI=1S/C8H7ClF3NO/c1-14-6-5(7(10)11)2-4(3-9)13-8(6)12/h2,7H,3H2,1H3. The molecular weight excluding hydrogens is 219 g/mol. The molecule has 14 heavy (non-hydrogen) atoms. The lowest BCUT2D eigenvalue weighted by atomic mass is 10.2. The third kappa shape index (κ3) is 2.09. The molecule has 78 valence electrons. The molecule has 0 aliphatic heterocycles. The van der Waals surface area contributed by atoms with Gasteiger partial charge in [-0.1, -0.05) is 0 Å². The van der Waals surface area contributed by atoms with Crippen molar-refractivity contribution in [3.8, 4) is 5.75 Å². The van der Waals surface area contributed by atoms with Crippen molar-refractivity contribution in [3.63, 3.8) is 0 Å². The highest BCUT2D eigenvalue weighted by Crippen LogP contribution is 2.31. The summed E-state index contributed by atoms with van der Waals surface area (Å²) in [6, 6.07) is 1.03. The lowest BCUT2D eigenvalue weighted by molar-refractivity contribution is 0.145. The first-order valence-corrected chi connectivity index (χ1v) is 4.21. The summed E-state index contributed by atoms with van der Waals surface area (Å²) in [5.74, 6) is -1.73. The van der Waals surface area contributed by atoms with Crippen LogP contribution in [0.25, 0.3) is 0 Å². The van der Waals surface area contributed by atoms with Crippen LogP contribution in [0.4, 0.5) is 13.2 Å². The zero-order chi connectivity index (χ0) is 10.7. The fourth-order valence-electron chi connectivity index (χ4n) is 1.01. The van der Waals surface area contributed by atoms with Gasteiger partial charge >= 0.3 is 0 Å². The Kier molecular flexibility index (Phi) is 3.57. The third-order valence-corrected chi connectivity index (χ3v) is 1.86. The number of halogens is 4. The first-order valence-electron chi connectivity index (χ1n) is 3.67. The highest BCUT2D eigenvalue weighted by Gasteiger charge is 2.19. The maximum absolute atomic E-state index is 13.0. The van der Waals surface area contributed by atoms with Crippen LogP contribution in [0.15, 0.2) is 6.07 Å². The van der Waals surface area contributed by atoms with Gasteiger partial charge in [0.15, 0.2) is 5.75 Å². The van der Waals surface area contributed by atoms with Gasteiger partial charge in [0.2, 0.25) is 0 Å². The third-order valence-electron chi connectivity index (χ3n) is 1.59. The first kappa shape index (κ1) is 11.1. The van der Waals surface area contributed by atoms with E-state index in [-0.39, 0.29) is 11.6 Å². The molecule has 2 nitrogen and oxygen atoms in total. The molecule has 0 aromatic carbocycles. The lowest BCUT2D eigenvalue weighted by Gasteiger charge is -2.09. The molecule has 0 amide bonds. The minimum absolute atomic E-state index is 0.0558. The van der Waals surface area contributed by atoms with E-state index < -0.39 is 23.7 Å². The maximum atomic E-state index is 13.0. The molecule has 0 aliphatic rings. The predicted molar refractivity (Wildman–Crippen MR) is 45.3 cm³/mol. The molecule has 1 heterocycles. The van der Waals surface area contributed by atoms with E-state index in [0.717, 1.165) is 13.2 Å². The van der Waals surface area contributed by atoms with Crippen LogP contribution in [0.5, 0.6) is 5.75 Å². The second kappa shape index (κ2) is 4.50. The Morgan fingerprint density at radius 2 is 2.21 bits per heavy atom. The quantitative estimate of drug-likeness (QED) is 0.583. The summed E-state index contributed by atoms with van der Waals surface area (Å²) in [5.41, 5.74) is -0.476. The first-order chi connectivity index (χ1) is 6.60. The second-order valence-corrected chi connectivity index (χ2v) is 2.73. The molecule has 0 atom stereocenters. The van der Waals surface area contributed by atoms with Crippen molar-refractivity contribution in [1.29, 1.82) is 0 Å². The van der Waals surface area contributed by atoms with Gasteiger partial charge in [0.1, 0.15) is 0 Å². The molecule has 0 radical (unpaired) electrons. The van der Waals surface area contributed by atoms with Gasteiger partial charge in [-0.25, -0.2) is 13.8 Å². The summed E-state index contributed by atoms with van der Waals surface area (Å²) in [5, 5.41) is 0. The summed E-state index contributed by atoms with van der Waals surface area (Å²) in [6.45, 7) is 0. The number of nitrogens with zero attached hydrogens (tertiary/aromatic N) is 1. The molecule has 1 rings (SSSR count). The minimum atomic E-state index is -2.82. The number of rotatable bonds is 3. The van der Waals surface area contributed by atoms with Gasteiger partial charge in [0.25, 0.3) is 12.4 Å². The van der Waals surface area contributed by atoms with Gasteiger partial charge in [0, 0.05) is 0 Å². The minimum Gasteiger partial charge on any atom is -0.492 e. The Hall–Kier alpha value is -0.970. The number of alkyl halides is 3. The van der Waals surface area contributed by atoms with Crippen molar-refractivity contribution in [3.05, 3.63) is 23.3 Å². The highest BCUT2D eigenvalue weighted by atomic mass is 35.5. The van der Waals surface area contributed by atoms with Crippen molar-refractivity contribution in [2.75, 3.05) is 7.11 Å². The molecule has 0 saturated heterocycles. The van der Waals surface area contributed by atoms with E-state index in [1.807, 2.05) is 0 Å². The molecule has 0 fully saturated rings. The van der Waals surface area contributed by atoms with Crippen LogP contribution >= 0.6 is 11.6 Å². The summed E-state index contributed by atoms with van der Waals surface area (Å²) in [7, 11) is 1.10. The van der Waals surface area contributed by atoms with Crippen LogP contribution < -0.4 is 4.74 Å². The smallest absolute Gasteiger partial charge is 0.267 e. The lowest BCUT2D eigenvalue weighted by Crippen LogP contribution is -2.01. The van der Waals surface area contributed by atoms with Crippen molar-refractivity contribution in [1.82, 2.24) is 4.98 Å². The van der Waals surface area contributed by atoms with Crippen molar-refractivity contribution in [2.45, 2.75) is 12.3 Å². The Morgan fingerprint density at radius 3 is 2.64 bits per heavy atom. The number of ether oxygens (including phenoxy) is 1. The zero-order valence-electron chi connectivity index (χ0n) is 7.23. The molecule has 0 spiro atoms. The van der Waals surface area contributed by atoms with Gasteiger partial charge in [-0.05, 0) is 6.07 Å². The van der Waals surface area contributed by atoms with Crippen LogP contribution in [0.2, 0.25) is 0 Å². The Morgan fingerprint density at radius 1 is 1.57 bits per heavy atom. The van der Waals surface area contributed by atoms with Crippen LogP contribution in [-0.2, 0) is 5.88 Å². The average molecular weight is 226 g/mol. The summed E-state index contributed by atoms with van der Waals surface area (Å²) >= 11 is 5.36. The monoisotopic (exact) mass is 225 g/mol. The molecule has 0 saturated carbocycles. The summed E-state index contributed by atoms with van der Waals surface area (Å²) in [4.78, 5) is 3.35. The van der Waals surface area contributed by atoms with E-state index in [2.05, 4.69) is 9.72 Å². The molecule has 0 N–H and O–H groups in total.